The first-order chi connectivity index (χ1) is 24.3. The van der Waals surface area contributed by atoms with Crippen molar-refractivity contribution >= 4 is 35.7 Å². The maximum Gasteiger partial charge on any atom is 0.328 e. The molecule has 0 aromatic heterocycles. The normalized spacial score (nSPS) is 27.3. The van der Waals surface area contributed by atoms with Crippen LogP contribution in [0.5, 0.6) is 0 Å². The number of methoxy groups -OCH3 is 1. The molecule has 14 nitrogen and oxygen atoms in total. The third-order valence-electron chi connectivity index (χ3n) is 11.5. The number of carboxylic acid groups (broad SMARTS) is 1. The minimum Gasteiger partial charge on any atom is -0.480 e. The van der Waals surface area contributed by atoms with Gasteiger partial charge in [-0.15, -0.1) is 0 Å². The Hall–Kier alpha value is -3.26. The van der Waals surface area contributed by atoms with Crippen molar-refractivity contribution < 1.29 is 58.3 Å². The number of carbonyl (C=O) groups excluding carboxylic acids is 5. The molecule has 0 spiro atoms. The lowest BCUT2D eigenvalue weighted by molar-refractivity contribution is -0.161. The second kappa shape index (κ2) is 16.6. The fourth-order valence-electron chi connectivity index (χ4n) is 8.64. The lowest BCUT2D eigenvalue weighted by Gasteiger charge is -2.32. The first kappa shape index (κ1) is 44.1. The lowest BCUT2D eigenvalue weighted by Crippen LogP contribution is -2.48. The summed E-state index contributed by atoms with van der Waals surface area (Å²) in [5, 5.41) is 27.9. The van der Waals surface area contributed by atoms with Gasteiger partial charge in [-0.25, -0.2) is 9.59 Å². The molecule has 2 saturated carbocycles. The van der Waals surface area contributed by atoms with Crippen LogP contribution in [0.15, 0.2) is 0 Å². The summed E-state index contributed by atoms with van der Waals surface area (Å²) in [4.78, 5) is 77.8. The van der Waals surface area contributed by atoms with E-state index in [0.717, 1.165) is 0 Å². The molecule has 8 atom stereocenters. The minimum absolute atomic E-state index is 0.0153. The van der Waals surface area contributed by atoms with Crippen molar-refractivity contribution in [3.05, 3.63) is 0 Å². The van der Waals surface area contributed by atoms with Crippen LogP contribution in [-0.2, 0) is 43.0 Å². The number of rotatable bonds is 14. The predicted molar refractivity (Wildman–Crippen MR) is 193 cm³/mol. The Labute approximate surface area is 314 Å². The van der Waals surface area contributed by atoms with E-state index >= 15 is 0 Å². The number of aliphatic carboxylic acids is 1. The molecule has 0 bridgehead atoms. The fraction of sp³-hybridized carbons (Fsp3) is 0.846. The van der Waals surface area contributed by atoms with Crippen LogP contribution in [0.25, 0.3) is 0 Å². The SMILES string of the molecule is CC(C)(C)OC(=O)C[C@@H](CCCO)C(=O)N1CC2[C@@H]([C@H]1C(=O)O)C2(C)C.COC(=O)[C@@H]1[C@@H]2C(CN1C(=O)[C@H](CCCO)CC(=O)OC(C)(C)C)C2(C)C. The number of aliphatic hydroxyl groups is 2. The number of piperidine rings is 2. The Balaban J connectivity index is 0.000000286. The van der Waals surface area contributed by atoms with Crippen LogP contribution in [-0.4, -0.2) is 118 Å². The number of carboxylic acids is 1. The molecule has 2 amide bonds. The maximum absolute atomic E-state index is 13.2. The van der Waals surface area contributed by atoms with Crippen molar-refractivity contribution in [2.45, 2.75) is 131 Å². The van der Waals surface area contributed by atoms with E-state index in [1.165, 1.54) is 12.0 Å². The van der Waals surface area contributed by atoms with Gasteiger partial charge in [0.2, 0.25) is 11.8 Å². The smallest absolute Gasteiger partial charge is 0.328 e. The van der Waals surface area contributed by atoms with Crippen molar-refractivity contribution in [3.63, 3.8) is 0 Å². The summed E-state index contributed by atoms with van der Waals surface area (Å²) in [7, 11) is 1.33. The lowest BCUT2D eigenvalue weighted by atomic mass is 9.95. The summed E-state index contributed by atoms with van der Waals surface area (Å²) in [5.74, 6) is -3.64. The number of aliphatic hydroxyl groups excluding tert-OH is 2. The van der Waals surface area contributed by atoms with Gasteiger partial charge < -0.3 is 39.3 Å². The average Bonchev–Trinajstić information content (AvgIpc) is 3.51. The monoisotopic (exact) mass is 752 g/mol. The molecule has 4 aliphatic rings. The molecule has 2 saturated heterocycles. The summed E-state index contributed by atoms with van der Waals surface area (Å²) in [6, 6.07) is -1.43. The number of fused-ring (bicyclic) bond motifs is 2. The van der Waals surface area contributed by atoms with Gasteiger partial charge in [0.25, 0.3) is 0 Å². The van der Waals surface area contributed by atoms with Crippen LogP contribution in [0.1, 0.15) is 108 Å². The van der Waals surface area contributed by atoms with E-state index in [1.54, 1.807) is 46.4 Å². The van der Waals surface area contributed by atoms with Gasteiger partial charge in [-0.3, -0.25) is 19.2 Å². The molecular formula is C39H64N2O12. The van der Waals surface area contributed by atoms with E-state index in [9.17, 15) is 33.9 Å². The van der Waals surface area contributed by atoms with Crippen LogP contribution in [0, 0.1) is 46.3 Å². The molecule has 4 fully saturated rings. The number of ether oxygens (including phenoxy) is 3. The maximum atomic E-state index is 13.2. The Kier molecular flexibility index (Phi) is 13.8. The number of hydrogen-bond acceptors (Lipinski definition) is 11. The van der Waals surface area contributed by atoms with Crippen LogP contribution in [0.2, 0.25) is 0 Å². The highest BCUT2D eigenvalue weighted by Crippen LogP contribution is 2.66. The summed E-state index contributed by atoms with van der Waals surface area (Å²) in [6.07, 6.45) is 1.34. The Morgan fingerprint density at radius 2 is 1.04 bits per heavy atom. The van der Waals surface area contributed by atoms with Crippen molar-refractivity contribution in [2.24, 2.45) is 46.3 Å². The van der Waals surface area contributed by atoms with E-state index in [0.29, 0.717) is 38.8 Å². The standard InChI is InChI=1S/C20H33NO6.C19H31NO6/c1-19(2,3)27-14(23)10-12(8-7-9-22)17(24)21-11-13-15(20(13,4)5)16(21)18(25)26-6;1-18(2,3)26-13(22)9-11(7-6-8-21)16(23)20-10-12-14(19(12,4)5)15(20)17(24)25/h12-13,15-16,22H,7-11H2,1-6H3;11-12,14-15,21H,6-10H2,1-5H3,(H,24,25)/t12-,13?,15+,16+;11-,12?,14+,15+/m11/s1. The van der Waals surface area contributed by atoms with Crippen molar-refractivity contribution in [1.82, 2.24) is 9.80 Å². The molecule has 0 aromatic carbocycles. The molecule has 14 heteroatoms. The highest BCUT2D eigenvalue weighted by Gasteiger charge is 2.71. The highest BCUT2D eigenvalue weighted by molar-refractivity contribution is 5.90. The number of amides is 2. The van der Waals surface area contributed by atoms with Gasteiger partial charge in [0.05, 0.1) is 20.0 Å². The minimum atomic E-state index is -0.991. The number of likely N-dealkylation sites (tertiary alicyclic amines) is 2. The molecule has 53 heavy (non-hydrogen) atoms. The highest BCUT2D eigenvalue weighted by atomic mass is 16.6. The van der Waals surface area contributed by atoms with Crippen LogP contribution in [0.4, 0.5) is 0 Å². The third-order valence-corrected chi connectivity index (χ3v) is 11.5. The van der Waals surface area contributed by atoms with Crippen LogP contribution < -0.4 is 0 Å². The van der Waals surface area contributed by atoms with Gasteiger partial charge in [-0.05, 0) is 89.9 Å². The average molecular weight is 753 g/mol. The molecule has 4 rings (SSSR count). The van der Waals surface area contributed by atoms with E-state index < -0.39 is 59.0 Å². The summed E-state index contributed by atoms with van der Waals surface area (Å²) < 4.78 is 15.6. The summed E-state index contributed by atoms with van der Waals surface area (Å²) in [6.45, 7) is 19.6. The molecular weight excluding hydrogens is 688 g/mol. The van der Waals surface area contributed by atoms with Crippen LogP contribution in [0.3, 0.4) is 0 Å². The second-order valence-corrected chi connectivity index (χ2v) is 18.3. The predicted octanol–water partition coefficient (Wildman–Crippen LogP) is 3.44. The molecule has 2 unspecified atom stereocenters. The molecule has 2 aliphatic heterocycles. The van der Waals surface area contributed by atoms with Crippen LogP contribution >= 0.6 is 0 Å². The van der Waals surface area contributed by atoms with Gasteiger partial charge in [0, 0.05) is 50.0 Å². The summed E-state index contributed by atoms with van der Waals surface area (Å²) in [5.41, 5.74) is -1.33. The molecule has 302 valence electrons. The van der Waals surface area contributed by atoms with Gasteiger partial charge in [0.15, 0.2) is 0 Å². The number of hydrogen-bond donors (Lipinski definition) is 3. The summed E-state index contributed by atoms with van der Waals surface area (Å²) >= 11 is 0. The Bertz CT molecular complexity index is 1380. The number of esters is 3. The molecule has 3 N–H and O–H groups in total. The molecule has 2 aliphatic carbocycles. The quantitative estimate of drug-likeness (QED) is 0.173. The van der Waals surface area contributed by atoms with E-state index in [4.69, 9.17) is 24.4 Å². The van der Waals surface area contributed by atoms with E-state index in [2.05, 4.69) is 13.8 Å². The third kappa shape index (κ3) is 10.5. The first-order valence-corrected chi connectivity index (χ1v) is 18.9. The Morgan fingerprint density at radius 1 is 0.679 bits per heavy atom. The zero-order valence-electron chi connectivity index (χ0n) is 33.6. The molecule has 0 radical (unpaired) electrons. The number of carbonyl (C=O) groups is 6. The molecule has 0 aromatic rings. The van der Waals surface area contributed by atoms with Gasteiger partial charge >= 0.3 is 23.9 Å². The van der Waals surface area contributed by atoms with Gasteiger partial charge in [-0.1, -0.05) is 27.7 Å². The Morgan fingerprint density at radius 3 is 1.36 bits per heavy atom. The zero-order valence-corrected chi connectivity index (χ0v) is 33.6. The van der Waals surface area contributed by atoms with Crippen molar-refractivity contribution in [2.75, 3.05) is 33.4 Å². The first-order valence-electron chi connectivity index (χ1n) is 18.9. The fourth-order valence-corrected chi connectivity index (χ4v) is 8.64. The second-order valence-electron chi connectivity index (χ2n) is 18.3. The van der Waals surface area contributed by atoms with Gasteiger partial charge in [-0.2, -0.15) is 0 Å². The van der Waals surface area contributed by atoms with Crippen molar-refractivity contribution in [3.8, 4) is 0 Å². The van der Waals surface area contributed by atoms with Crippen molar-refractivity contribution in [1.29, 1.82) is 0 Å². The molecule has 2 heterocycles. The van der Waals surface area contributed by atoms with Gasteiger partial charge in [0.1, 0.15) is 23.3 Å². The van der Waals surface area contributed by atoms with E-state index in [1.807, 2.05) is 13.8 Å². The number of nitrogens with zero attached hydrogens (tertiary/aromatic N) is 2. The van der Waals surface area contributed by atoms with E-state index in [-0.39, 0.29) is 72.4 Å². The topological polar surface area (TPSA) is 197 Å². The largest absolute Gasteiger partial charge is 0.480 e. The zero-order chi connectivity index (χ0) is 40.4.